The molecule has 0 saturated carbocycles. The van der Waals surface area contributed by atoms with Gasteiger partial charge in [-0.1, -0.05) is 6.58 Å². The molecule has 14 heavy (non-hydrogen) atoms. The van der Waals surface area contributed by atoms with Gasteiger partial charge in [0.05, 0.1) is 0 Å². The van der Waals surface area contributed by atoms with Gasteiger partial charge in [0, 0.05) is 6.04 Å². The molecule has 0 aromatic heterocycles. The third kappa shape index (κ3) is 2.81. The molecule has 0 aromatic carbocycles. The van der Waals surface area contributed by atoms with Gasteiger partial charge in [-0.3, -0.25) is 9.35 Å². The lowest BCUT2D eigenvalue weighted by molar-refractivity contribution is -0.117. The number of carbonyl (C=O) groups is 1. The number of hydrogen-bond donors (Lipinski definition) is 2. The molecule has 0 heterocycles. The second-order valence-corrected chi connectivity index (χ2v) is 5.52. The first-order valence-corrected chi connectivity index (χ1v) is 5.47. The zero-order valence-corrected chi connectivity index (χ0v) is 9.26. The monoisotopic (exact) mass is 221 g/mol. The molecule has 0 aliphatic rings. The molecule has 0 spiro atoms. The van der Waals surface area contributed by atoms with Gasteiger partial charge in [0.15, 0.2) is 0 Å². The standard InChI is InChI=1S/C8H15NO4S/c1-5-7(10)9-6(2)8(3,4)14(11,12)13/h5-6H,1H2,2-4H3,(H,9,10)(H,11,12,13). The molecular formula is C8H15NO4S. The molecule has 0 fully saturated rings. The highest BCUT2D eigenvalue weighted by molar-refractivity contribution is 7.87. The van der Waals surface area contributed by atoms with Crippen LogP contribution in [0, 0.1) is 0 Å². The average molecular weight is 221 g/mol. The molecule has 1 atom stereocenters. The summed E-state index contributed by atoms with van der Waals surface area (Å²) in [6, 6.07) is -0.706. The quantitative estimate of drug-likeness (QED) is 0.530. The van der Waals surface area contributed by atoms with Gasteiger partial charge < -0.3 is 5.32 Å². The van der Waals surface area contributed by atoms with Crippen molar-refractivity contribution in [1.29, 1.82) is 0 Å². The Kier molecular flexibility index (Phi) is 3.84. The minimum Gasteiger partial charge on any atom is -0.348 e. The molecule has 0 aromatic rings. The Morgan fingerprint density at radius 1 is 1.57 bits per heavy atom. The van der Waals surface area contributed by atoms with Gasteiger partial charge in [-0.25, -0.2) is 0 Å². The van der Waals surface area contributed by atoms with Crippen LogP contribution in [0.5, 0.6) is 0 Å². The first-order chi connectivity index (χ1) is 6.13. The van der Waals surface area contributed by atoms with Gasteiger partial charge in [-0.2, -0.15) is 8.42 Å². The number of carbonyl (C=O) groups excluding carboxylic acids is 1. The lowest BCUT2D eigenvalue weighted by Crippen LogP contribution is -2.51. The Morgan fingerprint density at radius 3 is 2.29 bits per heavy atom. The van der Waals surface area contributed by atoms with Crippen LogP contribution in [0.3, 0.4) is 0 Å². The van der Waals surface area contributed by atoms with Crippen LogP contribution in [-0.4, -0.2) is 29.7 Å². The number of hydrogen-bond acceptors (Lipinski definition) is 3. The molecule has 5 nitrogen and oxygen atoms in total. The van der Waals surface area contributed by atoms with Crippen LogP contribution in [0.25, 0.3) is 0 Å². The van der Waals surface area contributed by atoms with E-state index in [2.05, 4.69) is 11.9 Å². The van der Waals surface area contributed by atoms with E-state index < -0.39 is 26.8 Å². The van der Waals surface area contributed by atoms with Gasteiger partial charge >= 0.3 is 0 Å². The van der Waals surface area contributed by atoms with E-state index in [4.69, 9.17) is 4.55 Å². The van der Waals surface area contributed by atoms with Gasteiger partial charge in [0.25, 0.3) is 10.1 Å². The molecule has 0 rings (SSSR count). The van der Waals surface area contributed by atoms with Crippen molar-refractivity contribution < 1.29 is 17.8 Å². The summed E-state index contributed by atoms with van der Waals surface area (Å²) in [4.78, 5) is 10.9. The van der Waals surface area contributed by atoms with Crippen LogP contribution in [0.2, 0.25) is 0 Å². The molecular weight excluding hydrogens is 206 g/mol. The van der Waals surface area contributed by atoms with Crippen molar-refractivity contribution in [2.24, 2.45) is 0 Å². The maximum atomic E-state index is 10.9. The van der Waals surface area contributed by atoms with Crippen LogP contribution in [0.4, 0.5) is 0 Å². The minimum absolute atomic E-state index is 0.478. The van der Waals surface area contributed by atoms with E-state index in [1.807, 2.05) is 0 Å². The zero-order chi connectivity index (χ0) is 11.6. The van der Waals surface area contributed by atoms with Gasteiger partial charge in [0.1, 0.15) is 4.75 Å². The molecule has 0 radical (unpaired) electrons. The number of nitrogens with one attached hydrogen (secondary N) is 1. The second-order valence-electron chi connectivity index (χ2n) is 3.51. The Hall–Kier alpha value is -0.880. The van der Waals surface area contributed by atoms with Crippen molar-refractivity contribution in [3.8, 4) is 0 Å². The van der Waals surface area contributed by atoms with Crippen LogP contribution < -0.4 is 5.32 Å². The van der Waals surface area contributed by atoms with Crippen LogP contribution in [-0.2, 0) is 14.9 Å². The fourth-order valence-electron chi connectivity index (χ4n) is 0.670. The molecule has 1 amide bonds. The normalized spacial score (nSPS) is 14.6. The predicted molar refractivity (Wildman–Crippen MR) is 53.4 cm³/mol. The summed E-state index contributed by atoms with van der Waals surface area (Å²) in [7, 11) is -4.20. The van der Waals surface area contributed by atoms with E-state index in [0.29, 0.717) is 0 Å². The summed E-state index contributed by atoms with van der Waals surface area (Å²) < 4.78 is 29.4. The van der Waals surface area contributed by atoms with Crippen molar-refractivity contribution in [3.05, 3.63) is 12.7 Å². The SMILES string of the molecule is C=CC(=O)NC(C)C(C)(C)S(=O)(=O)O. The molecule has 2 N–H and O–H groups in total. The van der Waals surface area contributed by atoms with E-state index in [-0.39, 0.29) is 0 Å². The highest BCUT2D eigenvalue weighted by Crippen LogP contribution is 2.19. The van der Waals surface area contributed by atoms with Gasteiger partial charge in [-0.05, 0) is 26.8 Å². The van der Waals surface area contributed by atoms with Crippen LogP contribution in [0.1, 0.15) is 20.8 Å². The van der Waals surface area contributed by atoms with Gasteiger partial charge in [-0.15, -0.1) is 0 Å². The molecule has 6 heteroatoms. The van der Waals surface area contributed by atoms with Crippen molar-refractivity contribution >= 4 is 16.0 Å². The number of amides is 1. The highest BCUT2D eigenvalue weighted by atomic mass is 32.2. The minimum atomic E-state index is -4.20. The highest BCUT2D eigenvalue weighted by Gasteiger charge is 2.39. The van der Waals surface area contributed by atoms with E-state index in [0.717, 1.165) is 6.08 Å². The lowest BCUT2D eigenvalue weighted by atomic mass is 10.1. The summed E-state index contributed by atoms with van der Waals surface area (Å²) in [5.74, 6) is -0.478. The molecule has 0 bridgehead atoms. The topological polar surface area (TPSA) is 83.5 Å². The average Bonchev–Trinajstić information content (AvgIpc) is 2.01. The van der Waals surface area contributed by atoms with E-state index >= 15 is 0 Å². The van der Waals surface area contributed by atoms with Crippen LogP contribution in [0.15, 0.2) is 12.7 Å². The summed E-state index contributed by atoms with van der Waals surface area (Å²) >= 11 is 0. The largest absolute Gasteiger partial charge is 0.348 e. The summed E-state index contributed by atoms with van der Waals surface area (Å²) in [6.45, 7) is 7.39. The molecule has 82 valence electrons. The van der Waals surface area contributed by atoms with Crippen molar-refractivity contribution in [2.45, 2.75) is 31.6 Å². The van der Waals surface area contributed by atoms with E-state index in [1.54, 1.807) is 0 Å². The number of rotatable bonds is 4. The Morgan fingerprint density at radius 2 is 2.00 bits per heavy atom. The predicted octanol–water partition coefficient (Wildman–Crippen LogP) is 0.344. The maximum Gasteiger partial charge on any atom is 0.272 e. The van der Waals surface area contributed by atoms with Crippen molar-refractivity contribution in [1.82, 2.24) is 5.32 Å². The third-order valence-electron chi connectivity index (χ3n) is 2.25. The summed E-state index contributed by atoms with van der Waals surface area (Å²) in [5.41, 5.74) is 0. The van der Waals surface area contributed by atoms with Crippen LogP contribution >= 0.6 is 0 Å². The first kappa shape index (κ1) is 13.1. The fourth-order valence-corrected chi connectivity index (χ4v) is 1.18. The summed E-state index contributed by atoms with van der Waals surface area (Å²) in [5, 5.41) is 2.38. The fraction of sp³-hybridized carbons (Fsp3) is 0.625. The molecule has 1 unspecified atom stereocenters. The van der Waals surface area contributed by atoms with Crippen molar-refractivity contribution in [2.75, 3.05) is 0 Å². The smallest absolute Gasteiger partial charge is 0.272 e. The molecule has 0 saturated heterocycles. The van der Waals surface area contributed by atoms with Gasteiger partial charge in [0.2, 0.25) is 5.91 Å². The molecule has 0 aliphatic heterocycles. The van der Waals surface area contributed by atoms with Crippen molar-refractivity contribution in [3.63, 3.8) is 0 Å². The maximum absolute atomic E-state index is 10.9. The molecule has 0 aliphatic carbocycles. The van der Waals surface area contributed by atoms with E-state index in [1.165, 1.54) is 20.8 Å². The van der Waals surface area contributed by atoms with E-state index in [9.17, 15) is 13.2 Å². The summed E-state index contributed by atoms with van der Waals surface area (Å²) in [6.07, 6.45) is 1.04. The first-order valence-electron chi connectivity index (χ1n) is 4.03. The zero-order valence-electron chi connectivity index (χ0n) is 8.44. The second kappa shape index (κ2) is 4.10. The Labute approximate surface area is 83.9 Å². The third-order valence-corrected chi connectivity index (χ3v) is 3.94. The Balaban J connectivity index is 4.77. The lowest BCUT2D eigenvalue weighted by Gasteiger charge is -2.28. The Bertz CT molecular complexity index is 331.